The summed E-state index contributed by atoms with van der Waals surface area (Å²) in [4.78, 5) is 11.9. The van der Waals surface area contributed by atoms with E-state index in [9.17, 15) is 17.6 Å². The lowest BCUT2D eigenvalue weighted by Crippen LogP contribution is -2.27. The van der Waals surface area contributed by atoms with Crippen LogP contribution in [0.3, 0.4) is 0 Å². The summed E-state index contributed by atoms with van der Waals surface area (Å²) in [5.41, 5.74) is 0.305. The summed E-state index contributed by atoms with van der Waals surface area (Å²) in [5.74, 6) is -1.16. The molecule has 1 amide bonds. The highest BCUT2D eigenvalue weighted by Crippen LogP contribution is 2.29. The van der Waals surface area contributed by atoms with Gasteiger partial charge in [0, 0.05) is 16.6 Å². The van der Waals surface area contributed by atoms with Gasteiger partial charge in [0.05, 0.1) is 12.8 Å². The van der Waals surface area contributed by atoms with Crippen molar-refractivity contribution in [2.24, 2.45) is 0 Å². The second kappa shape index (κ2) is 7.22. The van der Waals surface area contributed by atoms with Gasteiger partial charge in [0.1, 0.15) is 16.5 Å². The van der Waals surface area contributed by atoms with Crippen LogP contribution in [0.2, 0.25) is 5.02 Å². The molecule has 3 rings (SSSR count). The van der Waals surface area contributed by atoms with Gasteiger partial charge in [0.25, 0.3) is 5.91 Å². The third kappa shape index (κ3) is 4.14. The molecule has 1 aliphatic rings. The summed E-state index contributed by atoms with van der Waals surface area (Å²) in [7, 11) is -2.59. The molecule has 0 saturated heterocycles. The van der Waals surface area contributed by atoms with Crippen molar-refractivity contribution in [1.29, 1.82) is 0 Å². The molecule has 1 aliphatic carbocycles. The molecule has 1 fully saturated rings. The summed E-state index contributed by atoms with van der Waals surface area (Å²) in [6.07, 6.45) is 1.44. The number of hydrogen-bond acceptors (Lipinski definition) is 4. The topological polar surface area (TPSA) is 84.5 Å². The maximum Gasteiger partial charge on any atom is 0.255 e. The van der Waals surface area contributed by atoms with Crippen LogP contribution < -0.4 is 14.8 Å². The fourth-order valence-corrected chi connectivity index (χ4v) is 3.89. The summed E-state index contributed by atoms with van der Waals surface area (Å²) in [6, 6.07) is 7.66. The Morgan fingerprint density at radius 3 is 2.62 bits per heavy atom. The molecule has 6 nitrogen and oxygen atoms in total. The van der Waals surface area contributed by atoms with Gasteiger partial charge in [-0.1, -0.05) is 11.6 Å². The fourth-order valence-electron chi connectivity index (χ4n) is 2.31. The minimum atomic E-state index is -4.03. The Kier molecular flexibility index (Phi) is 5.17. The monoisotopic (exact) mass is 398 g/mol. The number of ether oxygens (including phenoxy) is 1. The van der Waals surface area contributed by atoms with Crippen LogP contribution in [0.5, 0.6) is 5.75 Å². The lowest BCUT2D eigenvalue weighted by molar-refractivity contribution is 0.102. The van der Waals surface area contributed by atoms with Gasteiger partial charge in [-0.15, -0.1) is 0 Å². The van der Waals surface area contributed by atoms with E-state index in [0.717, 1.165) is 25.0 Å². The van der Waals surface area contributed by atoms with E-state index in [1.807, 2.05) is 0 Å². The highest BCUT2D eigenvalue weighted by Gasteiger charge is 2.30. The average Bonchev–Trinajstić information content (AvgIpc) is 3.38. The lowest BCUT2D eigenvalue weighted by Gasteiger charge is -2.12. The first-order valence-corrected chi connectivity index (χ1v) is 9.63. The quantitative estimate of drug-likeness (QED) is 0.782. The molecule has 2 aromatic rings. The number of sulfonamides is 1. The fraction of sp³-hybridized carbons (Fsp3) is 0.235. The summed E-state index contributed by atoms with van der Waals surface area (Å²) < 4.78 is 46.1. The van der Waals surface area contributed by atoms with Crippen molar-refractivity contribution >= 4 is 33.2 Å². The maximum atomic E-state index is 14.0. The normalized spacial score (nSPS) is 14.1. The smallest absolute Gasteiger partial charge is 0.255 e. The van der Waals surface area contributed by atoms with E-state index in [1.54, 1.807) is 12.1 Å². The van der Waals surface area contributed by atoms with Crippen molar-refractivity contribution in [2.45, 2.75) is 23.8 Å². The highest BCUT2D eigenvalue weighted by molar-refractivity contribution is 7.89. The van der Waals surface area contributed by atoms with E-state index in [4.69, 9.17) is 16.3 Å². The molecular weight excluding hydrogens is 383 g/mol. The number of carbonyl (C=O) groups excluding carboxylic acids is 1. The van der Waals surface area contributed by atoms with Crippen molar-refractivity contribution in [1.82, 2.24) is 4.72 Å². The third-order valence-corrected chi connectivity index (χ3v) is 5.56. The van der Waals surface area contributed by atoms with Crippen LogP contribution in [0.15, 0.2) is 41.3 Å². The summed E-state index contributed by atoms with van der Waals surface area (Å²) in [5, 5.41) is 2.97. The molecule has 0 aliphatic heterocycles. The molecule has 2 aromatic carbocycles. The lowest BCUT2D eigenvalue weighted by atomic mass is 10.2. The molecule has 2 N–H and O–H groups in total. The van der Waals surface area contributed by atoms with Crippen molar-refractivity contribution in [3.05, 3.63) is 52.8 Å². The van der Waals surface area contributed by atoms with Gasteiger partial charge in [0.2, 0.25) is 10.0 Å². The number of methoxy groups -OCH3 is 1. The van der Waals surface area contributed by atoms with E-state index < -0.39 is 26.6 Å². The molecule has 1 saturated carbocycles. The molecule has 138 valence electrons. The number of nitrogens with one attached hydrogen (secondary N) is 2. The number of anilines is 1. The van der Waals surface area contributed by atoms with Gasteiger partial charge in [-0.25, -0.2) is 17.5 Å². The second-order valence-electron chi connectivity index (χ2n) is 5.84. The number of carbonyl (C=O) groups is 1. The molecule has 0 radical (unpaired) electrons. The van der Waals surface area contributed by atoms with Crippen LogP contribution in [-0.4, -0.2) is 27.5 Å². The summed E-state index contributed by atoms with van der Waals surface area (Å²) in [6.45, 7) is 0. The van der Waals surface area contributed by atoms with E-state index in [0.29, 0.717) is 16.5 Å². The molecule has 0 bridgehead atoms. The number of rotatable bonds is 6. The van der Waals surface area contributed by atoms with Crippen LogP contribution >= 0.6 is 11.6 Å². The zero-order valence-electron chi connectivity index (χ0n) is 13.8. The van der Waals surface area contributed by atoms with E-state index in [2.05, 4.69) is 10.0 Å². The molecular formula is C17H16ClFN2O4S. The Balaban J connectivity index is 1.89. The zero-order valence-corrected chi connectivity index (χ0v) is 15.3. The molecule has 0 atom stereocenters. The maximum absolute atomic E-state index is 14.0. The molecule has 0 heterocycles. The average molecular weight is 399 g/mol. The number of halogens is 2. The number of hydrogen-bond donors (Lipinski definition) is 2. The first-order chi connectivity index (χ1) is 12.3. The van der Waals surface area contributed by atoms with Crippen LogP contribution in [-0.2, 0) is 10.0 Å². The Bertz CT molecular complexity index is 961. The molecule has 26 heavy (non-hydrogen) atoms. The van der Waals surface area contributed by atoms with Crippen molar-refractivity contribution in [3.8, 4) is 5.75 Å². The Labute approximate surface area is 155 Å². The van der Waals surface area contributed by atoms with Crippen LogP contribution in [0.1, 0.15) is 23.2 Å². The van der Waals surface area contributed by atoms with Crippen LogP contribution in [0, 0.1) is 5.82 Å². The van der Waals surface area contributed by atoms with Gasteiger partial charge < -0.3 is 10.1 Å². The Morgan fingerprint density at radius 2 is 1.96 bits per heavy atom. The van der Waals surface area contributed by atoms with Gasteiger partial charge in [0.15, 0.2) is 0 Å². The first-order valence-electron chi connectivity index (χ1n) is 7.77. The Morgan fingerprint density at radius 1 is 1.23 bits per heavy atom. The second-order valence-corrected chi connectivity index (χ2v) is 7.96. The van der Waals surface area contributed by atoms with Crippen LogP contribution in [0.25, 0.3) is 0 Å². The zero-order chi connectivity index (χ0) is 18.9. The molecule has 0 spiro atoms. The highest BCUT2D eigenvalue weighted by atomic mass is 35.5. The van der Waals surface area contributed by atoms with E-state index in [1.165, 1.54) is 19.2 Å². The molecule has 0 aromatic heterocycles. The molecule has 0 unspecified atom stereocenters. The minimum Gasteiger partial charge on any atom is -0.495 e. The Hall–Kier alpha value is -2.16. The number of amides is 1. The third-order valence-electron chi connectivity index (χ3n) is 3.79. The van der Waals surface area contributed by atoms with Crippen molar-refractivity contribution in [2.75, 3.05) is 12.4 Å². The summed E-state index contributed by atoms with van der Waals surface area (Å²) >= 11 is 5.92. The minimum absolute atomic E-state index is 0.00963. The van der Waals surface area contributed by atoms with E-state index in [-0.39, 0.29) is 11.6 Å². The van der Waals surface area contributed by atoms with Gasteiger partial charge in [-0.3, -0.25) is 4.79 Å². The van der Waals surface area contributed by atoms with E-state index >= 15 is 0 Å². The largest absolute Gasteiger partial charge is 0.495 e. The SMILES string of the molecule is COc1ccc(Cl)cc1NC(=O)c1ccc(F)c(S(=O)(=O)NC2CC2)c1. The van der Waals surface area contributed by atoms with Crippen LogP contribution in [0.4, 0.5) is 10.1 Å². The predicted octanol–water partition coefficient (Wildman–Crippen LogP) is 3.18. The van der Waals surface area contributed by atoms with Crippen molar-refractivity contribution < 1.29 is 22.3 Å². The molecule has 9 heteroatoms. The van der Waals surface area contributed by atoms with Crippen molar-refractivity contribution in [3.63, 3.8) is 0 Å². The van der Waals surface area contributed by atoms with Gasteiger partial charge in [-0.05, 0) is 49.2 Å². The predicted molar refractivity (Wildman–Crippen MR) is 95.7 cm³/mol. The standard InChI is InChI=1S/C17H16ClFN2O4S/c1-25-15-7-3-11(18)9-14(15)20-17(22)10-2-6-13(19)16(8-10)26(23,24)21-12-4-5-12/h2-3,6-9,12,21H,4-5H2,1H3,(H,20,22). The number of benzene rings is 2. The first kappa shape index (κ1) is 18.6. The van der Waals surface area contributed by atoms with Gasteiger partial charge >= 0.3 is 0 Å². The van der Waals surface area contributed by atoms with Gasteiger partial charge in [-0.2, -0.15) is 0 Å².